The summed E-state index contributed by atoms with van der Waals surface area (Å²) >= 11 is 0. The van der Waals surface area contributed by atoms with Crippen molar-refractivity contribution in [1.82, 2.24) is 0 Å². The summed E-state index contributed by atoms with van der Waals surface area (Å²) in [5, 5.41) is 0. The van der Waals surface area contributed by atoms with Gasteiger partial charge in [0.15, 0.2) is 0 Å². The molecule has 2 atom stereocenters. The van der Waals surface area contributed by atoms with Gasteiger partial charge in [-0.3, -0.25) is 0 Å². The fourth-order valence-corrected chi connectivity index (χ4v) is 5.80. The molecule has 3 aromatic carbocycles. The maximum Gasteiger partial charge on any atom is 0.143 e. The van der Waals surface area contributed by atoms with Crippen molar-refractivity contribution in [3.63, 3.8) is 0 Å². The molecule has 0 saturated carbocycles. The summed E-state index contributed by atoms with van der Waals surface area (Å²) in [5.74, 6) is 0. The molecule has 2 nitrogen and oxygen atoms in total. The molecule has 1 fully saturated rings. The van der Waals surface area contributed by atoms with Crippen molar-refractivity contribution in [2.75, 3.05) is 6.61 Å². The highest BCUT2D eigenvalue weighted by molar-refractivity contribution is 6.78. The molecule has 144 valence electrons. The highest BCUT2D eigenvalue weighted by Gasteiger charge is 2.50. The number of hydrogen-bond acceptors (Lipinski definition) is 2. The average Bonchev–Trinajstić information content (AvgIpc) is 3.51. The number of benzene rings is 3. The number of epoxide rings is 1. The average molecular weight is 389 g/mol. The lowest BCUT2D eigenvalue weighted by molar-refractivity contribution is 0.00429. The van der Waals surface area contributed by atoms with Crippen LogP contribution in [-0.4, -0.2) is 26.5 Å². The molecule has 4 rings (SSSR count). The van der Waals surface area contributed by atoms with E-state index in [1.165, 1.54) is 0 Å². The number of ether oxygens (including phenoxy) is 2. The molecular formula is C25H28O2Si. The van der Waals surface area contributed by atoms with Gasteiger partial charge in [0, 0.05) is 0 Å². The zero-order chi connectivity index (χ0) is 19.6. The Balaban J connectivity index is 1.78. The van der Waals surface area contributed by atoms with Gasteiger partial charge in [-0.05, 0) is 16.7 Å². The van der Waals surface area contributed by atoms with E-state index in [9.17, 15) is 0 Å². The third-order valence-electron chi connectivity index (χ3n) is 5.44. The summed E-state index contributed by atoms with van der Waals surface area (Å²) in [4.78, 5) is 0. The molecule has 0 aromatic heterocycles. The summed E-state index contributed by atoms with van der Waals surface area (Å²) < 4.78 is 12.9. The molecule has 0 radical (unpaired) electrons. The van der Waals surface area contributed by atoms with Crippen LogP contribution in [0.25, 0.3) is 0 Å². The Bertz CT molecular complexity index is 791. The van der Waals surface area contributed by atoms with Gasteiger partial charge in [-0.15, -0.1) is 0 Å². The largest absolute Gasteiger partial charge is 0.371 e. The first-order chi connectivity index (χ1) is 13.5. The van der Waals surface area contributed by atoms with E-state index in [0.29, 0.717) is 12.3 Å². The van der Waals surface area contributed by atoms with Crippen molar-refractivity contribution < 1.29 is 9.47 Å². The number of rotatable bonds is 7. The molecule has 3 aromatic rings. The SMILES string of the molecule is C[Si](C)(C)[C@H]1O[C@@H]1COC(c1ccccc1)(c1ccccc1)c1ccccc1. The molecule has 1 aliphatic rings. The Morgan fingerprint density at radius 3 is 1.43 bits per heavy atom. The minimum absolute atomic E-state index is 0.196. The molecule has 1 aliphatic heterocycles. The van der Waals surface area contributed by atoms with E-state index in [1.54, 1.807) is 0 Å². The van der Waals surface area contributed by atoms with Crippen LogP contribution in [0.15, 0.2) is 91.0 Å². The molecule has 3 heteroatoms. The third-order valence-corrected chi connectivity index (χ3v) is 7.66. The molecule has 0 amide bonds. The fraction of sp³-hybridized carbons (Fsp3) is 0.280. The minimum Gasteiger partial charge on any atom is -0.371 e. The first kappa shape index (κ1) is 19.1. The van der Waals surface area contributed by atoms with Crippen molar-refractivity contribution >= 4 is 8.07 Å². The molecule has 0 N–H and O–H groups in total. The second kappa shape index (κ2) is 7.67. The Labute approximate surface area is 169 Å². The van der Waals surface area contributed by atoms with E-state index in [2.05, 4.69) is 111 Å². The summed E-state index contributed by atoms with van der Waals surface area (Å²) in [6.45, 7) is 7.66. The first-order valence-corrected chi connectivity index (χ1v) is 13.6. The maximum absolute atomic E-state index is 6.83. The lowest BCUT2D eigenvalue weighted by Crippen LogP contribution is -2.36. The van der Waals surface area contributed by atoms with Gasteiger partial charge < -0.3 is 9.47 Å². The van der Waals surface area contributed by atoms with Crippen LogP contribution in [0.1, 0.15) is 16.7 Å². The predicted molar refractivity (Wildman–Crippen MR) is 117 cm³/mol. The van der Waals surface area contributed by atoms with Gasteiger partial charge >= 0.3 is 0 Å². The Morgan fingerprint density at radius 1 is 0.714 bits per heavy atom. The van der Waals surface area contributed by atoms with Crippen molar-refractivity contribution in [2.24, 2.45) is 0 Å². The fourth-order valence-electron chi connectivity index (χ4n) is 4.01. The second-order valence-electron chi connectivity index (χ2n) is 8.55. The van der Waals surface area contributed by atoms with Crippen molar-refractivity contribution in [1.29, 1.82) is 0 Å². The highest BCUT2D eigenvalue weighted by atomic mass is 28.3. The summed E-state index contributed by atoms with van der Waals surface area (Å²) in [6.07, 6.45) is 0.196. The Hall–Kier alpha value is -2.20. The van der Waals surface area contributed by atoms with Crippen LogP contribution >= 0.6 is 0 Å². The van der Waals surface area contributed by atoms with E-state index in [-0.39, 0.29) is 6.10 Å². The molecular weight excluding hydrogens is 360 g/mol. The van der Waals surface area contributed by atoms with Gasteiger partial charge in [-0.2, -0.15) is 0 Å². The van der Waals surface area contributed by atoms with E-state index >= 15 is 0 Å². The van der Waals surface area contributed by atoms with Crippen LogP contribution in [0.4, 0.5) is 0 Å². The second-order valence-corrected chi connectivity index (χ2v) is 13.9. The van der Waals surface area contributed by atoms with Gasteiger partial charge in [0.2, 0.25) is 0 Å². The Morgan fingerprint density at radius 2 is 1.11 bits per heavy atom. The summed E-state index contributed by atoms with van der Waals surface area (Å²) in [7, 11) is -1.32. The van der Waals surface area contributed by atoms with Crippen LogP contribution < -0.4 is 0 Å². The third kappa shape index (κ3) is 3.70. The topological polar surface area (TPSA) is 21.8 Å². The van der Waals surface area contributed by atoms with Gasteiger partial charge in [0.1, 0.15) is 11.7 Å². The molecule has 0 spiro atoms. The van der Waals surface area contributed by atoms with E-state index in [4.69, 9.17) is 9.47 Å². The summed E-state index contributed by atoms with van der Waals surface area (Å²) in [6, 6.07) is 31.6. The molecule has 0 unspecified atom stereocenters. The van der Waals surface area contributed by atoms with Gasteiger partial charge in [-0.25, -0.2) is 0 Å². The zero-order valence-electron chi connectivity index (χ0n) is 16.8. The minimum atomic E-state index is -1.32. The molecule has 28 heavy (non-hydrogen) atoms. The van der Waals surface area contributed by atoms with E-state index in [1.807, 2.05) is 0 Å². The van der Waals surface area contributed by atoms with Crippen molar-refractivity contribution in [3.8, 4) is 0 Å². The normalized spacial score (nSPS) is 19.4. The van der Waals surface area contributed by atoms with Crippen LogP contribution in [0.3, 0.4) is 0 Å². The highest BCUT2D eigenvalue weighted by Crippen LogP contribution is 2.42. The van der Waals surface area contributed by atoms with Gasteiger partial charge in [0.25, 0.3) is 0 Å². The zero-order valence-corrected chi connectivity index (χ0v) is 17.8. The van der Waals surface area contributed by atoms with E-state index < -0.39 is 13.7 Å². The number of hydrogen-bond donors (Lipinski definition) is 0. The predicted octanol–water partition coefficient (Wildman–Crippen LogP) is 5.64. The van der Waals surface area contributed by atoms with Crippen LogP contribution in [-0.2, 0) is 15.1 Å². The monoisotopic (exact) mass is 388 g/mol. The molecule has 0 aliphatic carbocycles. The standard InChI is InChI=1S/C25H28O2Si/c1-28(2,3)24-23(27-24)19-26-25(20-13-7-4-8-14-20,21-15-9-5-10-16-21)22-17-11-6-12-18-22/h4-18,23-24H,19H2,1-3H3/t23-,24-/m1/s1. The molecule has 1 heterocycles. The van der Waals surface area contributed by atoms with Crippen LogP contribution in [0, 0.1) is 0 Å². The lowest BCUT2D eigenvalue weighted by atomic mass is 9.80. The smallest absolute Gasteiger partial charge is 0.143 e. The lowest BCUT2D eigenvalue weighted by Gasteiger charge is -2.36. The quantitative estimate of drug-likeness (QED) is 0.297. The molecule has 0 bridgehead atoms. The van der Waals surface area contributed by atoms with Gasteiger partial charge in [-0.1, -0.05) is 111 Å². The summed E-state index contributed by atoms with van der Waals surface area (Å²) in [5.41, 5.74) is 3.14. The first-order valence-electron chi connectivity index (χ1n) is 9.98. The molecule has 1 saturated heterocycles. The maximum atomic E-state index is 6.83. The van der Waals surface area contributed by atoms with Crippen LogP contribution in [0.2, 0.25) is 19.6 Å². The Kier molecular flexibility index (Phi) is 5.24. The van der Waals surface area contributed by atoms with Crippen LogP contribution in [0.5, 0.6) is 0 Å². The van der Waals surface area contributed by atoms with E-state index in [0.717, 1.165) is 16.7 Å². The van der Waals surface area contributed by atoms with Gasteiger partial charge in [0.05, 0.1) is 20.4 Å². The van der Waals surface area contributed by atoms with Crippen molar-refractivity contribution in [2.45, 2.75) is 37.1 Å². The van der Waals surface area contributed by atoms with Crippen molar-refractivity contribution in [3.05, 3.63) is 108 Å².